The molecule has 0 aliphatic heterocycles. The Balaban J connectivity index is 1.34. The lowest BCUT2D eigenvalue weighted by Crippen LogP contribution is -2.29. The van der Waals surface area contributed by atoms with Crippen LogP contribution in [0.4, 0.5) is 10.6 Å². The molecule has 5 aromatic rings. The average Bonchev–Trinajstić information content (AvgIpc) is 3.59. The van der Waals surface area contributed by atoms with E-state index in [1.165, 1.54) is 0 Å². The van der Waals surface area contributed by atoms with E-state index in [0.717, 1.165) is 38.1 Å². The molecule has 0 spiro atoms. The summed E-state index contributed by atoms with van der Waals surface area (Å²) in [4.78, 5) is 15.3. The van der Waals surface area contributed by atoms with E-state index in [1.807, 2.05) is 66.1 Å². The molecular weight excluding hydrogens is 567 g/mol. The first-order chi connectivity index (χ1) is 20.1. The molecule has 3 aromatic heterocycles. The van der Waals surface area contributed by atoms with Crippen molar-refractivity contribution in [1.29, 1.82) is 0 Å². The van der Waals surface area contributed by atoms with Gasteiger partial charge < -0.3 is 10.4 Å². The van der Waals surface area contributed by atoms with E-state index < -0.39 is 0 Å². The molecule has 11 heteroatoms. The van der Waals surface area contributed by atoms with Crippen molar-refractivity contribution in [2.24, 2.45) is 0 Å². The quantitative estimate of drug-likeness (QED) is 0.165. The first kappa shape index (κ1) is 29.5. The number of aryl methyl sites for hydroxylation is 1. The average molecular weight is 602 g/mol. The smallest absolute Gasteiger partial charge is 0.320 e. The summed E-state index contributed by atoms with van der Waals surface area (Å²) in [5, 5.41) is 29.7. The van der Waals surface area contributed by atoms with Crippen LogP contribution in [-0.4, -0.2) is 41.8 Å². The standard InChI is InChI=1S/C31H35N7O2S2/c1-19(2)29-35-34-27-14-13-23(18-37(27)29)42-25-10-8-7-9-21(25)17-32-30(40)33-28-16-26(31(4,5)41-6)36-38(28)22-12-11-20(3)24(39)15-22/h7-16,18-19,39H,17H2,1-6H3,(H2,32,33,40). The third-order valence-corrected chi connectivity index (χ3v) is 9.40. The third-order valence-electron chi connectivity index (χ3n) is 7.07. The molecule has 2 amide bonds. The van der Waals surface area contributed by atoms with Crippen LogP contribution >= 0.6 is 23.5 Å². The molecule has 0 unspecified atom stereocenters. The minimum atomic E-state index is -0.353. The molecule has 0 fully saturated rings. The Labute approximate surface area is 254 Å². The van der Waals surface area contributed by atoms with Crippen LogP contribution < -0.4 is 10.6 Å². The maximum Gasteiger partial charge on any atom is 0.320 e. The van der Waals surface area contributed by atoms with E-state index in [4.69, 9.17) is 5.10 Å². The Bertz CT molecular complexity index is 1740. The molecule has 0 atom stereocenters. The largest absolute Gasteiger partial charge is 0.508 e. The summed E-state index contributed by atoms with van der Waals surface area (Å²) < 4.78 is 3.42. The maximum atomic E-state index is 13.2. The van der Waals surface area contributed by atoms with Crippen molar-refractivity contribution in [3.8, 4) is 11.4 Å². The number of aromatic nitrogens is 5. The van der Waals surface area contributed by atoms with E-state index in [0.29, 0.717) is 18.1 Å². The summed E-state index contributed by atoms with van der Waals surface area (Å²) >= 11 is 3.30. The van der Waals surface area contributed by atoms with Crippen LogP contribution in [0.3, 0.4) is 0 Å². The van der Waals surface area contributed by atoms with Crippen LogP contribution in [0.5, 0.6) is 5.75 Å². The van der Waals surface area contributed by atoms with Crippen molar-refractivity contribution in [3.63, 3.8) is 0 Å². The molecule has 3 N–H and O–H groups in total. The zero-order chi connectivity index (χ0) is 30.0. The molecule has 2 aromatic carbocycles. The maximum absolute atomic E-state index is 13.2. The molecule has 3 heterocycles. The number of nitrogens with one attached hydrogen (secondary N) is 2. The number of phenolic OH excluding ortho intramolecular Hbond substituents is 1. The number of hydrogen-bond acceptors (Lipinski definition) is 7. The second-order valence-corrected chi connectivity index (χ2v) is 13.4. The summed E-state index contributed by atoms with van der Waals surface area (Å²) in [6.07, 6.45) is 4.09. The van der Waals surface area contributed by atoms with Gasteiger partial charge in [-0.05, 0) is 62.4 Å². The zero-order valence-electron chi connectivity index (χ0n) is 24.5. The predicted molar refractivity (Wildman–Crippen MR) is 170 cm³/mol. The molecule has 0 radical (unpaired) electrons. The Morgan fingerprint density at radius 1 is 1.07 bits per heavy atom. The second-order valence-electron chi connectivity index (χ2n) is 10.8. The number of benzene rings is 2. The minimum Gasteiger partial charge on any atom is -0.508 e. The highest BCUT2D eigenvalue weighted by atomic mass is 32.2. The highest BCUT2D eigenvalue weighted by Crippen LogP contribution is 2.35. The Kier molecular flexibility index (Phi) is 8.51. The van der Waals surface area contributed by atoms with E-state index in [-0.39, 0.29) is 22.4 Å². The lowest BCUT2D eigenvalue weighted by Gasteiger charge is -2.18. The number of urea groups is 1. The van der Waals surface area contributed by atoms with Crippen LogP contribution in [0, 0.1) is 6.92 Å². The SMILES string of the molecule is CSC(C)(C)c1cc(NC(=O)NCc2ccccc2Sc2ccc3nnc(C(C)C)n3c2)n(-c2ccc(C)c(O)c2)n1. The topological polar surface area (TPSA) is 109 Å². The van der Waals surface area contributed by atoms with Gasteiger partial charge in [0.05, 0.1) is 16.1 Å². The number of carbonyl (C=O) groups is 1. The van der Waals surface area contributed by atoms with Crippen LogP contribution in [0.25, 0.3) is 11.3 Å². The molecule has 0 saturated heterocycles. The van der Waals surface area contributed by atoms with Gasteiger partial charge in [-0.3, -0.25) is 9.72 Å². The van der Waals surface area contributed by atoms with Gasteiger partial charge in [0.25, 0.3) is 0 Å². The van der Waals surface area contributed by atoms with E-state index in [2.05, 4.69) is 60.8 Å². The van der Waals surface area contributed by atoms with Gasteiger partial charge in [-0.25, -0.2) is 9.48 Å². The molecule has 0 aliphatic carbocycles. The van der Waals surface area contributed by atoms with Crippen LogP contribution in [0.1, 0.15) is 56.3 Å². The summed E-state index contributed by atoms with van der Waals surface area (Å²) in [7, 11) is 0. The fraction of sp³-hybridized carbons (Fsp3) is 0.290. The number of amides is 2. The molecule has 9 nitrogen and oxygen atoms in total. The van der Waals surface area contributed by atoms with Gasteiger partial charge in [0.15, 0.2) is 5.65 Å². The normalized spacial score (nSPS) is 11.8. The zero-order valence-corrected chi connectivity index (χ0v) is 26.2. The number of rotatable bonds is 9. The van der Waals surface area contributed by atoms with Crippen molar-refractivity contribution in [2.45, 2.75) is 61.6 Å². The van der Waals surface area contributed by atoms with Crippen LogP contribution in [0.15, 0.2) is 76.7 Å². The number of anilines is 1. The lowest BCUT2D eigenvalue weighted by atomic mass is 10.1. The van der Waals surface area contributed by atoms with Crippen molar-refractivity contribution in [3.05, 3.63) is 89.5 Å². The first-order valence-electron chi connectivity index (χ1n) is 13.7. The number of phenols is 1. The van der Waals surface area contributed by atoms with Crippen molar-refractivity contribution in [1.82, 2.24) is 29.7 Å². The fourth-order valence-electron chi connectivity index (χ4n) is 4.35. The number of carbonyl (C=O) groups excluding carboxylic acids is 1. The third kappa shape index (κ3) is 6.27. The number of nitrogens with zero attached hydrogens (tertiary/aromatic N) is 5. The highest BCUT2D eigenvalue weighted by molar-refractivity contribution is 7.99. The van der Waals surface area contributed by atoms with Gasteiger partial charge in [0.2, 0.25) is 0 Å². The molecular formula is C31H35N7O2S2. The van der Waals surface area contributed by atoms with Gasteiger partial charge in [-0.2, -0.15) is 16.9 Å². The summed E-state index contributed by atoms with van der Waals surface area (Å²) in [5.74, 6) is 1.86. The first-order valence-corrected chi connectivity index (χ1v) is 15.7. The highest BCUT2D eigenvalue weighted by Gasteiger charge is 2.25. The van der Waals surface area contributed by atoms with Gasteiger partial charge in [-0.1, -0.05) is 49.9 Å². The number of pyridine rings is 1. The minimum absolute atomic E-state index is 0.169. The van der Waals surface area contributed by atoms with Crippen molar-refractivity contribution < 1.29 is 9.90 Å². The van der Waals surface area contributed by atoms with Crippen LogP contribution in [-0.2, 0) is 11.3 Å². The van der Waals surface area contributed by atoms with Crippen molar-refractivity contribution >= 4 is 41.0 Å². The van der Waals surface area contributed by atoms with Crippen molar-refractivity contribution in [2.75, 3.05) is 11.6 Å². The van der Waals surface area contributed by atoms with Gasteiger partial charge in [0, 0.05) is 40.6 Å². The lowest BCUT2D eigenvalue weighted by molar-refractivity contribution is 0.251. The number of hydrogen-bond donors (Lipinski definition) is 3. The molecule has 0 bridgehead atoms. The van der Waals surface area contributed by atoms with Gasteiger partial charge >= 0.3 is 6.03 Å². The number of aromatic hydroxyl groups is 1. The summed E-state index contributed by atoms with van der Waals surface area (Å²) in [6.45, 7) is 10.5. The number of thioether (sulfide) groups is 1. The molecule has 5 rings (SSSR count). The van der Waals surface area contributed by atoms with Crippen LogP contribution in [0.2, 0.25) is 0 Å². The Hall–Kier alpha value is -3.96. The van der Waals surface area contributed by atoms with E-state index in [1.54, 1.807) is 34.3 Å². The summed E-state index contributed by atoms with van der Waals surface area (Å²) in [5.41, 5.74) is 4.05. The summed E-state index contributed by atoms with van der Waals surface area (Å²) in [6, 6.07) is 18.9. The molecule has 0 aliphatic rings. The Morgan fingerprint density at radius 3 is 2.60 bits per heavy atom. The number of fused-ring (bicyclic) bond motifs is 1. The molecule has 218 valence electrons. The molecule has 0 saturated carbocycles. The second kappa shape index (κ2) is 12.1. The van der Waals surface area contributed by atoms with Gasteiger partial charge in [-0.15, -0.1) is 10.2 Å². The fourth-order valence-corrected chi connectivity index (χ4v) is 5.63. The van der Waals surface area contributed by atoms with E-state index in [9.17, 15) is 9.90 Å². The monoisotopic (exact) mass is 601 g/mol. The predicted octanol–water partition coefficient (Wildman–Crippen LogP) is 7.12. The molecule has 42 heavy (non-hydrogen) atoms. The van der Waals surface area contributed by atoms with Gasteiger partial charge in [0.1, 0.15) is 17.4 Å². The Morgan fingerprint density at radius 2 is 1.86 bits per heavy atom. The van der Waals surface area contributed by atoms with E-state index >= 15 is 0 Å².